The summed E-state index contributed by atoms with van der Waals surface area (Å²) in [6.45, 7) is 3.01. The van der Waals surface area contributed by atoms with Crippen molar-refractivity contribution in [1.82, 2.24) is 14.7 Å². The summed E-state index contributed by atoms with van der Waals surface area (Å²) in [5.74, 6) is 1.16. The Morgan fingerprint density at radius 2 is 1.71 bits per heavy atom. The lowest BCUT2D eigenvalue weighted by molar-refractivity contribution is -0.143. The van der Waals surface area contributed by atoms with Crippen LogP contribution in [0.15, 0.2) is 67.0 Å². The standard InChI is InChI=1S/C22H23N3O3/c1-16-21(28-20-11-7-6-10-19(20)27-16)22(26)24(2)13-18-12-23-25(15-18)14-17-8-4-3-5-9-17/h3-12,15-16,21H,13-14H2,1-2H3. The average Bonchev–Trinajstić information content (AvgIpc) is 3.14. The molecule has 0 fully saturated rings. The van der Waals surface area contributed by atoms with Crippen molar-refractivity contribution >= 4 is 5.91 Å². The molecule has 4 rings (SSSR count). The fourth-order valence-electron chi connectivity index (χ4n) is 3.30. The topological polar surface area (TPSA) is 56.6 Å². The molecule has 0 spiro atoms. The zero-order chi connectivity index (χ0) is 19.5. The SMILES string of the molecule is CC1Oc2ccccc2OC1C(=O)N(C)Cc1cnn(Cc2ccccc2)c1. The Morgan fingerprint density at radius 1 is 1.04 bits per heavy atom. The van der Waals surface area contributed by atoms with Crippen molar-refractivity contribution in [3.8, 4) is 11.5 Å². The molecule has 28 heavy (non-hydrogen) atoms. The van der Waals surface area contributed by atoms with Gasteiger partial charge in [0, 0.05) is 25.4 Å². The van der Waals surface area contributed by atoms with Crippen molar-refractivity contribution in [3.05, 3.63) is 78.1 Å². The number of carbonyl (C=O) groups excluding carboxylic acids is 1. The molecule has 2 unspecified atom stereocenters. The van der Waals surface area contributed by atoms with Gasteiger partial charge in [-0.3, -0.25) is 9.48 Å². The van der Waals surface area contributed by atoms with E-state index in [2.05, 4.69) is 17.2 Å². The minimum Gasteiger partial charge on any atom is -0.482 e. The third-order valence-corrected chi connectivity index (χ3v) is 4.76. The zero-order valence-electron chi connectivity index (χ0n) is 16.0. The van der Waals surface area contributed by atoms with E-state index in [1.54, 1.807) is 18.1 Å². The predicted octanol–water partition coefficient (Wildman–Crippen LogP) is 3.12. The lowest BCUT2D eigenvalue weighted by Gasteiger charge is -2.33. The van der Waals surface area contributed by atoms with Gasteiger partial charge < -0.3 is 14.4 Å². The Bertz CT molecular complexity index is 954. The van der Waals surface area contributed by atoms with E-state index < -0.39 is 6.10 Å². The zero-order valence-corrected chi connectivity index (χ0v) is 16.0. The van der Waals surface area contributed by atoms with Crippen LogP contribution < -0.4 is 9.47 Å². The van der Waals surface area contributed by atoms with Crippen LogP contribution >= 0.6 is 0 Å². The fourth-order valence-corrected chi connectivity index (χ4v) is 3.30. The van der Waals surface area contributed by atoms with E-state index in [1.807, 2.05) is 60.3 Å². The van der Waals surface area contributed by atoms with Crippen LogP contribution in [0.3, 0.4) is 0 Å². The summed E-state index contributed by atoms with van der Waals surface area (Å²) in [4.78, 5) is 14.6. The molecule has 0 N–H and O–H groups in total. The largest absolute Gasteiger partial charge is 0.482 e. The molecule has 2 aromatic carbocycles. The van der Waals surface area contributed by atoms with Crippen LogP contribution in [-0.2, 0) is 17.9 Å². The number of ether oxygens (including phenoxy) is 2. The molecule has 1 aliphatic rings. The quantitative estimate of drug-likeness (QED) is 0.686. The lowest BCUT2D eigenvalue weighted by Crippen LogP contribution is -2.49. The summed E-state index contributed by atoms with van der Waals surface area (Å²) in [7, 11) is 1.77. The Morgan fingerprint density at radius 3 is 2.46 bits per heavy atom. The van der Waals surface area contributed by atoms with Crippen LogP contribution in [0.1, 0.15) is 18.1 Å². The number of amides is 1. The Balaban J connectivity index is 1.40. The number of hydrogen-bond acceptors (Lipinski definition) is 4. The van der Waals surface area contributed by atoms with E-state index in [4.69, 9.17) is 9.47 Å². The molecular formula is C22H23N3O3. The van der Waals surface area contributed by atoms with Crippen LogP contribution in [0.5, 0.6) is 11.5 Å². The van der Waals surface area contributed by atoms with Gasteiger partial charge in [-0.1, -0.05) is 42.5 Å². The van der Waals surface area contributed by atoms with Gasteiger partial charge in [-0.05, 0) is 24.6 Å². The molecule has 3 aromatic rings. The van der Waals surface area contributed by atoms with Crippen molar-refractivity contribution in [2.75, 3.05) is 7.05 Å². The third kappa shape index (κ3) is 3.86. The van der Waals surface area contributed by atoms with Gasteiger partial charge in [-0.15, -0.1) is 0 Å². The van der Waals surface area contributed by atoms with Gasteiger partial charge in [-0.25, -0.2) is 0 Å². The van der Waals surface area contributed by atoms with Gasteiger partial charge in [0.05, 0.1) is 12.7 Å². The molecule has 0 radical (unpaired) electrons. The Kier molecular flexibility index (Phi) is 5.02. The summed E-state index contributed by atoms with van der Waals surface area (Å²) in [5.41, 5.74) is 2.15. The highest BCUT2D eigenvalue weighted by Crippen LogP contribution is 2.33. The molecule has 0 saturated heterocycles. The minimum atomic E-state index is -0.667. The summed E-state index contributed by atoms with van der Waals surface area (Å²) < 4.78 is 13.6. The minimum absolute atomic E-state index is 0.113. The number of aromatic nitrogens is 2. The van der Waals surface area contributed by atoms with E-state index in [9.17, 15) is 4.79 Å². The highest BCUT2D eigenvalue weighted by atomic mass is 16.6. The maximum Gasteiger partial charge on any atom is 0.267 e. The van der Waals surface area contributed by atoms with E-state index >= 15 is 0 Å². The normalized spacial score (nSPS) is 17.9. The Labute approximate surface area is 164 Å². The predicted molar refractivity (Wildman–Crippen MR) is 105 cm³/mol. The van der Waals surface area contributed by atoms with Crippen molar-refractivity contribution in [1.29, 1.82) is 0 Å². The molecule has 2 heterocycles. The van der Waals surface area contributed by atoms with Crippen LogP contribution in [0.4, 0.5) is 0 Å². The number of carbonyl (C=O) groups is 1. The van der Waals surface area contributed by atoms with Crippen molar-refractivity contribution in [3.63, 3.8) is 0 Å². The number of nitrogens with zero attached hydrogens (tertiary/aromatic N) is 3. The first kappa shape index (κ1) is 18.1. The first-order chi connectivity index (χ1) is 13.6. The van der Waals surface area contributed by atoms with Crippen LogP contribution in [0.2, 0.25) is 0 Å². The van der Waals surface area contributed by atoms with Crippen LogP contribution in [-0.4, -0.2) is 39.8 Å². The molecule has 0 saturated carbocycles. The average molecular weight is 377 g/mol. The fraction of sp³-hybridized carbons (Fsp3) is 0.273. The monoisotopic (exact) mass is 377 g/mol. The molecule has 6 heteroatoms. The second-order valence-corrected chi connectivity index (χ2v) is 7.03. The molecule has 6 nitrogen and oxygen atoms in total. The van der Waals surface area contributed by atoms with E-state index in [0.717, 1.165) is 5.56 Å². The molecule has 0 bridgehead atoms. The molecule has 1 amide bonds. The first-order valence-corrected chi connectivity index (χ1v) is 9.33. The van der Waals surface area contributed by atoms with E-state index in [-0.39, 0.29) is 12.0 Å². The van der Waals surface area contributed by atoms with Crippen molar-refractivity contribution in [2.45, 2.75) is 32.2 Å². The molecule has 1 aromatic heterocycles. The number of para-hydroxylation sites is 2. The Hall–Kier alpha value is -3.28. The summed E-state index contributed by atoms with van der Waals surface area (Å²) in [5, 5.41) is 4.40. The first-order valence-electron chi connectivity index (χ1n) is 9.33. The molecule has 2 atom stereocenters. The third-order valence-electron chi connectivity index (χ3n) is 4.76. The van der Waals surface area contributed by atoms with E-state index in [1.165, 1.54) is 5.56 Å². The maximum atomic E-state index is 12.9. The molecule has 1 aliphatic heterocycles. The number of likely N-dealkylation sites (N-methyl/N-ethyl adjacent to an activating group) is 1. The maximum absolute atomic E-state index is 12.9. The van der Waals surface area contributed by atoms with Crippen molar-refractivity contribution < 1.29 is 14.3 Å². The highest BCUT2D eigenvalue weighted by Gasteiger charge is 2.35. The number of rotatable bonds is 5. The van der Waals surface area contributed by atoms with Gasteiger partial charge >= 0.3 is 0 Å². The van der Waals surface area contributed by atoms with Gasteiger partial charge in [0.2, 0.25) is 6.10 Å². The highest BCUT2D eigenvalue weighted by molar-refractivity contribution is 5.82. The van der Waals surface area contributed by atoms with Gasteiger partial charge in [-0.2, -0.15) is 5.10 Å². The van der Waals surface area contributed by atoms with Gasteiger partial charge in [0.15, 0.2) is 11.5 Å². The van der Waals surface area contributed by atoms with Crippen molar-refractivity contribution in [2.24, 2.45) is 0 Å². The summed E-state index contributed by atoms with van der Waals surface area (Å²) >= 11 is 0. The van der Waals surface area contributed by atoms with E-state index in [0.29, 0.717) is 24.6 Å². The smallest absolute Gasteiger partial charge is 0.267 e. The molecular weight excluding hydrogens is 354 g/mol. The lowest BCUT2D eigenvalue weighted by atomic mass is 10.1. The van der Waals surface area contributed by atoms with Gasteiger partial charge in [0.1, 0.15) is 6.10 Å². The number of benzene rings is 2. The summed E-state index contributed by atoms with van der Waals surface area (Å²) in [6.07, 6.45) is 2.74. The second-order valence-electron chi connectivity index (χ2n) is 7.03. The number of hydrogen-bond donors (Lipinski definition) is 0. The number of fused-ring (bicyclic) bond motifs is 1. The van der Waals surface area contributed by atoms with Crippen LogP contribution in [0.25, 0.3) is 0 Å². The van der Waals surface area contributed by atoms with Crippen LogP contribution in [0, 0.1) is 0 Å². The summed E-state index contributed by atoms with van der Waals surface area (Å²) in [6, 6.07) is 17.6. The second kappa shape index (κ2) is 7.76. The molecule has 0 aliphatic carbocycles. The van der Waals surface area contributed by atoms with Gasteiger partial charge in [0.25, 0.3) is 5.91 Å². The molecule has 144 valence electrons.